The van der Waals surface area contributed by atoms with E-state index in [2.05, 4.69) is 0 Å². The van der Waals surface area contributed by atoms with Crippen LogP contribution in [0.4, 0.5) is 0 Å². The lowest BCUT2D eigenvalue weighted by Crippen LogP contribution is -2.61. The molecule has 198 valence electrons. The van der Waals surface area contributed by atoms with E-state index in [-0.39, 0.29) is 16.0 Å². The van der Waals surface area contributed by atoms with Gasteiger partial charge in [0, 0.05) is 39.3 Å². The lowest BCUT2D eigenvalue weighted by Gasteiger charge is -2.44. The summed E-state index contributed by atoms with van der Waals surface area (Å²) >= 11 is 0.673. The van der Waals surface area contributed by atoms with Crippen molar-refractivity contribution >= 4 is 47.2 Å². The van der Waals surface area contributed by atoms with Gasteiger partial charge in [-0.1, -0.05) is 23.9 Å². The molecule has 1 aliphatic heterocycles. The molecule has 1 aromatic rings. The fourth-order valence-electron chi connectivity index (χ4n) is 3.87. The van der Waals surface area contributed by atoms with E-state index in [0.717, 1.165) is 33.8 Å². The normalized spacial score (nSPS) is 24.9. The Morgan fingerprint density at radius 3 is 2.08 bits per heavy atom. The Balaban J connectivity index is 2.03. The van der Waals surface area contributed by atoms with Crippen LogP contribution in [0.5, 0.6) is 5.75 Å². The average Bonchev–Trinajstić information content (AvgIpc) is 2.78. The van der Waals surface area contributed by atoms with Gasteiger partial charge in [-0.15, -0.1) is 0 Å². The van der Waals surface area contributed by atoms with Crippen molar-refractivity contribution in [3.8, 4) is 5.75 Å². The maximum absolute atomic E-state index is 13.2. The summed E-state index contributed by atoms with van der Waals surface area (Å²) in [7, 11) is 0. The van der Waals surface area contributed by atoms with Crippen LogP contribution in [0.3, 0.4) is 0 Å². The van der Waals surface area contributed by atoms with Gasteiger partial charge < -0.3 is 28.8 Å². The maximum Gasteiger partial charge on any atom is 0.303 e. The van der Waals surface area contributed by atoms with Crippen LogP contribution >= 0.6 is 11.8 Å². The fourth-order valence-corrected chi connectivity index (χ4v) is 5.04. The number of ketones is 2. The highest BCUT2D eigenvalue weighted by Crippen LogP contribution is 2.41. The van der Waals surface area contributed by atoms with Gasteiger partial charge in [0.25, 0.3) is 0 Å². The molecule has 0 bridgehead atoms. The minimum Gasteiger partial charge on any atom is -0.507 e. The molecule has 1 N–H and O–H groups in total. The number of carbonyl (C=O) groups excluding carboxylic acids is 6. The maximum atomic E-state index is 13.2. The highest BCUT2D eigenvalue weighted by molar-refractivity contribution is 8.04. The number of ether oxygens (including phenoxy) is 5. The molecule has 0 saturated carbocycles. The number of phenols is 1. The molecule has 0 amide bonds. The Kier molecular flexibility index (Phi) is 8.71. The topological polar surface area (TPSA) is 169 Å². The number of allylic oxidation sites excluding steroid dienone is 2. The largest absolute Gasteiger partial charge is 0.507 e. The molecule has 0 spiro atoms. The van der Waals surface area contributed by atoms with Gasteiger partial charge in [0.2, 0.25) is 5.78 Å². The number of fused-ring (bicyclic) bond motifs is 1. The first-order valence-corrected chi connectivity index (χ1v) is 11.9. The zero-order valence-corrected chi connectivity index (χ0v) is 21.1. The lowest BCUT2D eigenvalue weighted by atomic mass is 9.94. The molecule has 37 heavy (non-hydrogen) atoms. The number of aromatic hydroxyl groups is 1. The van der Waals surface area contributed by atoms with Gasteiger partial charge in [0.15, 0.2) is 24.1 Å². The Morgan fingerprint density at radius 1 is 0.892 bits per heavy atom. The van der Waals surface area contributed by atoms with Gasteiger partial charge in [-0.25, -0.2) is 0 Å². The predicted molar refractivity (Wildman–Crippen MR) is 124 cm³/mol. The van der Waals surface area contributed by atoms with E-state index in [1.54, 1.807) is 0 Å². The summed E-state index contributed by atoms with van der Waals surface area (Å²) < 4.78 is 27.0. The van der Waals surface area contributed by atoms with Crippen LogP contribution in [0.2, 0.25) is 0 Å². The Labute approximate surface area is 215 Å². The van der Waals surface area contributed by atoms with Crippen molar-refractivity contribution in [3.05, 3.63) is 40.3 Å². The fraction of sp³-hybridized carbons (Fsp3) is 0.417. The predicted octanol–water partition coefficient (Wildman–Crippen LogP) is 1.47. The summed E-state index contributed by atoms with van der Waals surface area (Å²) in [6.07, 6.45) is -4.36. The van der Waals surface area contributed by atoms with Gasteiger partial charge >= 0.3 is 23.9 Å². The molecule has 5 atom stereocenters. The van der Waals surface area contributed by atoms with E-state index >= 15 is 0 Å². The third-order valence-electron chi connectivity index (χ3n) is 5.21. The summed E-state index contributed by atoms with van der Waals surface area (Å²) in [5.74, 6) is -4.72. The van der Waals surface area contributed by atoms with Crippen molar-refractivity contribution in [2.24, 2.45) is 0 Å². The zero-order valence-electron chi connectivity index (χ0n) is 20.2. The van der Waals surface area contributed by atoms with E-state index < -0.39 is 77.7 Å². The molecule has 3 rings (SSSR count). The monoisotopic (exact) mass is 536 g/mol. The van der Waals surface area contributed by atoms with Crippen molar-refractivity contribution < 1.29 is 57.6 Å². The highest BCUT2D eigenvalue weighted by Gasteiger charge is 2.53. The Bertz CT molecular complexity index is 1170. The number of esters is 4. The summed E-state index contributed by atoms with van der Waals surface area (Å²) in [6.45, 7) is 3.96. The first-order chi connectivity index (χ1) is 17.4. The van der Waals surface area contributed by atoms with Crippen molar-refractivity contribution in [2.75, 3.05) is 6.61 Å². The van der Waals surface area contributed by atoms with Gasteiger partial charge in [0.05, 0.1) is 10.5 Å². The van der Waals surface area contributed by atoms with Crippen molar-refractivity contribution in [3.63, 3.8) is 0 Å². The summed E-state index contributed by atoms with van der Waals surface area (Å²) in [4.78, 5) is 72.8. The van der Waals surface area contributed by atoms with Gasteiger partial charge in [-0.05, 0) is 6.07 Å². The summed E-state index contributed by atoms with van der Waals surface area (Å²) in [5.41, 5.74) is -1.49. The Hall–Kier alpha value is -3.71. The van der Waals surface area contributed by atoms with Gasteiger partial charge in [-0.2, -0.15) is 0 Å². The van der Waals surface area contributed by atoms with Gasteiger partial charge in [0.1, 0.15) is 23.9 Å². The van der Waals surface area contributed by atoms with Gasteiger partial charge in [-0.3, -0.25) is 28.8 Å². The quantitative estimate of drug-likeness (QED) is 0.393. The van der Waals surface area contributed by atoms with E-state index in [4.69, 9.17) is 23.7 Å². The number of rotatable bonds is 7. The molecular weight excluding hydrogens is 512 g/mol. The number of hydrogen-bond acceptors (Lipinski definition) is 13. The second-order valence-electron chi connectivity index (χ2n) is 8.09. The summed E-state index contributed by atoms with van der Waals surface area (Å²) in [6, 6.07) is 4.07. The Morgan fingerprint density at radius 2 is 1.49 bits per heavy atom. The van der Waals surface area contributed by atoms with Crippen LogP contribution in [0, 0.1) is 0 Å². The van der Waals surface area contributed by atoms with E-state index in [0.29, 0.717) is 11.8 Å². The molecule has 1 heterocycles. The molecule has 1 fully saturated rings. The molecule has 1 saturated heterocycles. The molecule has 0 aromatic heterocycles. The molecular formula is C24H24O12S. The zero-order chi connectivity index (χ0) is 27.4. The third-order valence-corrected chi connectivity index (χ3v) is 6.38. The van der Waals surface area contributed by atoms with Crippen LogP contribution in [-0.4, -0.2) is 77.0 Å². The number of hydrogen-bond donors (Lipinski definition) is 1. The highest BCUT2D eigenvalue weighted by atomic mass is 32.2. The van der Waals surface area contributed by atoms with E-state index in [1.165, 1.54) is 18.2 Å². The van der Waals surface area contributed by atoms with Crippen LogP contribution in [-0.2, 0) is 42.9 Å². The minimum atomic E-state index is -1.42. The van der Waals surface area contributed by atoms with Crippen LogP contribution in [0.25, 0.3) is 0 Å². The molecule has 2 aliphatic rings. The SMILES string of the molecule is CC(=O)OC[C@H]1OC(SC2=CC(=O)c3cccc(O)c3C2=O)[C@H](OC(C)=O)[C@@H](OC(C)=O)[C@@H]1OC(C)=O. The third kappa shape index (κ3) is 6.54. The molecule has 12 nitrogen and oxygen atoms in total. The number of Topliss-reactive ketones (excluding diaryl/α,β-unsaturated/α-hetero) is 1. The molecule has 1 unspecified atom stereocenters. The standard InChI is InChI=1S/C24H24O12S/c1-10(25)32-9-17-21(33-11(2)26)22(34-12(3)27)23(35-13(4)28)24(36-17)37-18-8-16(30)14-6-5-7-15(29)19(14)20(18)31/h5-8,17,21-24,29H,9H2,1-4H3/t17-,21-,22+,23-,24?/m1/s1. The molecule has 1 aliphatic carbocycles. The van der Waals surface area contributed by atoms with Crippen molar-refractivity contribution in [1.82, 2.24) is 0 Å². The first kappa shape index (κ1) is 27.9. The van der Waals surface area contributed by atoms with Crippen molar-refractivity contribution in [2.45, 2.75) is 57.5 Å². The first-order valence-electron chi connectivity index (χ1n) is 11.0. The second kappa shape index (κ2) is 11.6. The number of benzene rings is 1. The lowest BCUT2D eigenvalue weighted by molar-refractivity contribution is -0.237. The van der Waals surface area contributed by atoms with E-state index in [9.17, 15) is 33.9 Å². The molecule has 0 radical (unpaired) electrons. The minimum absolute atomic E-state index is 0.0101. The number of phenolic OH excluding ortho intramolecular Hbond substituents is 1. The van der Waals surface area contributed by atoms with Crippen LogP contribution in [0.1, 0.15) is 48.4 Å². The van der Waals surface area contributed by atoms with Crippen LogP contribution in [0.15, 0.2) is 29.2 Å². The average molecular weight is 537 g/mol. The van der Waals surface area contributed by atoms with E-state index in [1.807, 2.05) is 0 Å². The second-order valence-corrected chi connectivity index (χ2v) is 9.23. The molecule has 1 aromatic carbocycles. The van der Waals surface area contributed by atoms with Crippen molar-refractivity contribution in [1.29, 1.82) is 0 Å². The van der Waals surface area contributed by atoms with Crippen LogP contribution < -0.4 is 0 Å². The molecule has 13 heteroatoms. The number of carbonyl (C=O) groups is 6. The number of thioether (sulfide) groups is 1. The summed E-state index contributed by atoms with van der Waals surface area (Å²) in [5, 5.41) is 10.2. The smallest absolute Gasteiger partial charge is 0.303 e.